The van der Waals surface area contributed by atoms with Gasteiger partial charge in [-0.3, -0.25) is 9.59 Å². The lowest BCUT2D eigenvalue weighted by Crippen LogP contribution is -2.51. The van der Waals surface area contributed by atoms with Gasteiger partial charge in [0.05, 0.1) is 86.2 Å². The lowest BCUT2D eigenvalue weighted by Gasteiger charge is -2.31. The van der Waals surface area contributed by atoms with E-state index in [1.165, 1.54) is 20.3 Å². The van der Waals surface area contributed by atoms with Crippen molar-refractivity contribution >= 4 is 34.9 Å². The number of carbonyl (C=O) groups excluding carboxylic acids is 4. The number of methoxy groups -OCH3 is 5. The van der Waals surface area contributed by atoms with Crippen LogP contribution in [-0.4, -0.2) is 131 Å². The molecule has 7 atom stereocenters. The number of alkyl carbamates (subject to hydrolysis) is 2. The van der Waals surface area contributed by atoms with E-state index in [1.807, 2.05) is 80.8 Å². The van der Waals surface area contributed by atoms with Crippen molar-refractivity contribution in [3.05, 3.63) is 96.1 Å². The van der Waals surface area contributed by atoms with Gasteiger partial charge in [0, 0.05) is 62.2 Å². The summed E-state index contributed by atoms with van der Waals surface area (Å²) in [7, 11) is 7.29. The molecule has 0 bridgehead atoms. The third-order valence-corrected chi connectivity index (χ3v) is 14.0. The molecule has 0 spiro atoms. The number of nitrogens with one attached hydrogen (secondary N) is 4. The van der Waals surface area contributed by atoms with Gasteiger partial charge in [-0.1, -0.05) is 45.9 Å². The van der Waals surface area contributed by atoms with Gasteiger partial charge in [-0.15, -0.1) is 0 Å². The zero-order chi connectivity index (χ0) is 51.1. The highest BCUT2D eigenvalue weighted by Crippen LogP contribution is 2.48. The average molecular weight is 990 g/mol. The summed E-state index contributed by atoms with van der Waals surface area (Å²) in [6.45, 7) is 8.00. The molecule has 72 heavy (non-hydrogen) atoms. The summed E-state index contributed by atoms with van der Waals surface area (Å²) >= 11 is 0. The summed E-state index contributed by atoms with van der Waals surface area (Å²) in [5.74, 6) is 0.429. The van der Waals surface area contributed by atoms with E-state index >= 15 is 4.39 Å². The number of aromatic amines is 2. The Balaban J connectivity index is 1.05. The maximum atomic E-state index is 17.0. The SMILES string of the molecule is COC(=O)N[C@H](C(=O)N1C[C@H](OC)C[C@H]1c1ncc(-c2cc(F)c3c(c2)OC(c2cccc(OC)c2)n2c-3cc3cc(-c4cnc([C@@H]5C[C@@H](OC)CN5C(=O)[C@@H](NC(=O)OC)C(C)C)[nH]4)ccc32)[nH]1)C(C)C. The minimum absolute atomic E-state index is 0.214. The fourth-order valence-electron chi connectivity index (χ4n) is 10.1. The Labute approximate surface area is 415 Å². The van der Waals surface area contributed by atoms with Crippen LogP contribution in [0.4, 0.5) is 14.0 Å². The highest BCUT2D eigenvalue weighted by molar-refractivity contribution is 5.93. The summed E-state index contributed by atoms with van der Waals surface area (Å²) in [4.78, 5) is 72.1. The number of likely N-dealkylation sites (tertiary alicyclic amines) is 2. The molecular weight excluding hydrogens is 930 g/mol. The number of carbonyl (C=O) groups is 4. The van der Waals surface area contributed by atoms with Crippen LogP contribution in [0.5, 0.6) is 11.5 Å². The van der Waals surface area contributed by atoms with Crippen molar-refractivity contribution in [2.24, 2.45) is 11.8 Å². The molecule has 4 amide bonds. The first-order valence-electron chi connectivity index (χ1n) is 23.9. The van der Waals surface area contributed by atoms with E-state index in [-0.39, 0.29) is 48.0 Å². The van der Waals surface area contributed by atoms with Crippen LogP contribution in [-0.2, 0) is 28.5 Å². The zero-order valence-electron chi connectivity index (χ0n) is 41.6. The Bertz CT molecular complexity index is 3000. The van der Waals surface area contributed by atoms with Gasteiger partial charge < -0.3 is 63.4 Å². The Morgan fingerprint density at radius 1 is 0.722 bits per heavy atom. The van der Waals surface area contributed by atoms with Crippen molar-refractivity contribution in [1.82, 2.24) is 44.9 Å². The third kappa shape index (κ3) is 9.31. The Hall–Kier alpha value is -7.45. The van der Waals surface area contributed by atoms with Crippen molar-refractivity contribution in [3.8, 4) is 45.3 Å². The quantitative estimate of drug-likeness (QED) is 0.0834. The summed E-state index contributed by atoms with van der Waals surface area (Å²) in [6, 6.07) is 16.0. The molecule has 1 unspecified atom stereocenters. The van der Waals surface area contributed by atoms with E-state index < -0.39 is 48.4 Å². The smallest absolute Gasteiger partial charge is 0.407 e. The maximum Gasteiger partial charge on any atom is 0.407 e. The first-order chi connectivity index (χ1) is 34.6. The van der Waals surface area contributed by atoms with Crippen LogP contribution in [0, 0.1) is 17.7 Å². The number of aromatic nitrogens is 5. The molecule has 380 valence electrons. The molecule has 6 aromatic rings. The molecule has 2 saturated heterocycles. The highest BCUT2D eigenvalue weighted by Gasteiger charge is 2.44. The number of rotatable bonds is 14. The zero-order valence-corrected chi connectivity index (χ0v) is 41.6. The summed E-state index contributed by atoms with van der Waals surface area (Å²) < 4.78 is 52.5. The van der Waals surface area contributed by atoms with Gasteiger partial charge in [0.1, 0.15) is 41.0 Å². The number of nitrogens with zero attached hydrogens (tertiary/aromatic N) is 5. The lowest BCUT2D eigenvalue weighted by molar-refractivity contribution is -0.136. The highest BCUT2D eigenvalue weighted by atomic mass is 19.1. The average Bonchev–Trinajstić information content (AvgIpc) is 4.25. The van der Waals surface area contributed by atoms with Crippen molar-refractivity contribution in [2.75, 3.05) is 48.6 Å². The Morgan fingerprint density at radius 2 is 1.29 bits per heavy atom. The van der Waals surface area contributed by atoms with Crippen LogP contribution in [0.2, 0.25) is 0 Å². The predicted molar refractivity (Wildman–Crippen MR) is 262 cm³/mol. The van der Waals surface area contributed by atoms with Gasteiger partial charge in [0.2, 0.25) is 18.0 Å². The van der Waals surface area contributed by atoms with Crippen LogP contribution in [0.15, 0.2) is 73.1 Å². The van der Waals surface area contributed by atoms with Crippen molar-refractivity contribution in [3.63, 3.8) is 0 Å². The first-order valence-corrected chi connectivity index (χ1v) is 23.9. The minimum Gasteiger partial charge on any atom is -0.497 e. The van der Waals surface area contributed by atoms with E-state index in [0.29, 0.717) is 65.2 Å². The van der Waals surface area contributed by atoms with E-state index in [4.69, 9.17) is 38.4 Å². The fourth-order valence-corrected chi connectivity index (χ4v) is 10.1. The molecule has 4 N–H and O–H groups in total. The lowest BCUT2D eigenvalue weighted by atomic mass is 10.0. The number of amides is 4. The minimum atomic E-state index is -0.853. The standard InChI is InChI=1S/C52H60FN9O10/c1-26(2)44(58-51(65)70-8)48(63)60-24-33(68-6)20-40(60)46-54-22-36(56-46)28-13-14-38-31(15-28)18-39-43-35(53)17-30(19-42(43)72-50(62(38)39)29-11-10-12-32(16-29)67-5)37-23-55-47(57-37)41-21-34(69-7)25-61(41)49(64)45(27(3)4)59-52(66)71-9/h10-19,22-23,26-27,33-34,40-41,44-45,50H,20-21,24-25H2,1-9H3,(H,54,56)(H,55,57)(H,58,65)(H,59,66)/t33-,34-,40+,41+,44+,45+,50?/m1/s1. The van der Waals surface area contributed by atoms with Crippen molar-refractivity contribution < 1.29 is 52.0 Å². The molecule has 9 rings (SSSR count). The van der Waals surface area contributed by atoms with Gasteiger partial charge in [-0.25, -0.2) is 23.9 Å². The van der Waals surface area contributed by atoms with Gasteiger partial charge in [0.15, 0.2) is 0 Å². The largest absolute Gasteiger partial charge is 0.497 e. The summed E-state index contributed by atoms with van der Waals surface area (Å²) in [5.41, 5.74) is 4.90. The number of ether oxygens (including phenoxy) is 6. The van der Waals surface area contributed by atoms with E-state index in [2.05, 4.69) is 20.6 Å². The van der Waals surface area contributed by atoms with Gasteiger partial charge in [0.25, 0.3) is 0 Å². The molecule has 3 aliphatic heterocycles. The number of hydrogen-bond donors (Lipinski definition) is 4. The second-order valence-electron chi connectivity index (χ2n) is 19.0. The van der Waals surface area contributed by atoms with Crippen LogP contribution in [0.3, 0.4) is 0 Å². The van der Waals surface area contributed by atoms with Gasteiger partial charge in [-0.05, 0) is 54.3 Å². The number of halogens is 1. The molecule has 6 heterocycles. The number of fused-ring (bicyclic) bond motifs is 5. The monoisotopic (exact) mass is 989 g/mol. The molecule has 2 fully saturated rings. The number of benzene rings is 3. The van der Waals surface area contributed by atoms with Gasteiger partial charge >= 0.3 is 12.2 Å². The molecule has 3 aromatic carbocycles. The molecule has 20 heteroatoms. The normalized spacial score (nSPS) is 20.2. The molecule has 3 aliphatic rings. The van der Waals surface area contributed by atoms with Crippen molar-refractivity contribution in [1.29, 1.82) is 0 Å². The Kier molecular flexibility index (Phi) is 14.0. The summed E-state index contributed by atoms with van der Waals surface area (Å²) in [6.07, 6.45) is 1.60. The van der Waals surface area contributed by atoms with E-state index in [1.54, 1.807) is 49.6 Å². The molecule has 0 saturated carbocycles. The van der Waals surface area contributed by atoms with Crippen LogP contribution in [0.1, 0.15) is 76.1 Å². The predicted octanol–water partition coefficient (Wildman–Crippen LogP) is 7.51. The van der Waals surface area contributed by atoms with Crippen LogP contribution in [0.25, 0.3) is 44.7 Å². The topological polar surface area (TPSA) is 216 Å². The second kappa shape index (κ2) is 20.3. The van der Waals surface area contributed by atoms with Gasteiger partial charge in [-0.2, -0.15) is 0 Å². The van der Waals surface area contributed by atoms with E-state index in [9.17, 15) is 19.2 Å². The summed E-state index contributed by atoms with van der Waals surface area (Å²) in [5, 5.41) is 6.17. The number of imidazole rings is 2. The van der Waals surface area contributed by atoms with Crippen LogP contribution >= 0.6 is 0 Å². The molecular formula is C52H60FN9O10. The number of hydrogen-bond acceptors (Lipinski definition) is 12. The molecule has 3 aromatic heterocycles. The number of H-pyrrole nitrogens is 2. The Morgan fingerprint density at radius 3 is 1.82 bits per heavy atom. The second-order valence-corrected chi connectivity index (χ2v) is 19.0. The molecule has 0 aliphatic carbocycles. The first kappa shape index (κ1) is 49.5. The van der Waals surface area contributed by atoms with Crippen LogP contribution < -0.4 is 20.1 Å². The molecule has 0 radical (unpaired) electrons. The third-order valence-electron chi connectivity index (χ3n) is 14.0. The maximum absolute atomic E-state index is 17.0. The molecule has 19 nitrogen and oxygen atoms in total. The fraction of sp³-hybridized carbons (Fsp3) is 0.423. The van der Waals surface area contributed by atoms with E-state index in [0.717, 1.165) is 22.0 Å². The van der Waals surface area contributed by atoms with Crippen molar-refractivity contribution in [2.45, 2.75) is 83.1 Å².